The number of nitrogens with one attached hydrogen (secondary N) is 1. The summed E-state index contributed by atoms with van der Waals surface area (Å²) in [5, 5.41) is 6.13. The van der Waals surface area contributed by atoms with E-state index in [-0.39, 0.29) is 5.82 Å². The van der Waals surface area contributed by atoms with E-state index in [1.165, 1.54) is 36.0 Å². The van der Waals surface area contributed by atoms with Gasteiger partial charge in [0.25, 0.3) is 0 Å². The van der Waals surface area contributed by atoms with Crippen molar-refractivity contribution in [2.75, 3.05) is 11.9 Å². The number of amides is 1. The summed E-state index contributed by atoms with van der Waals surface area (Å²) in [6.07, 6.45) is 1.41. The number of halogens is 1. The van der Waals surface area contributed by atoms with Gasteiger partial charge in [-0.1, -0.05) is 47.6 Å². The molecule has 0 radical (unpaired) electrons. The lowest BCUT2D eigenvalue weighted by molar-refractivity contribution is 0.167. The highest BCUT2D eigenvalue weighted by atomic mass is 19.1. The summed E-state index contributed by atoms with van der Waals surface area (Å²) < 4.78 is 18.5. The Labute approximate surface area is 162 Å². The lowest BCUT2D eigenvalue weighted by atomic mass is 10.2. The second kappa shape index (κ2) is 9.87. The van der Waals surface area contributed by atoms with Crippen LogP contribution in [0.1, 0.15) is 11.1 Å². The molecule has 0 heterocycles. The fourth-order valence-electron chi connectivity index (χ4n) is 2.39. The van der Waals surface area contributed by atoms with Crippen molar-refractivity contribution in [3.05, 3.63) is 95.8 Å². The largest absolute Gasteiger partial charge is 0.493 e. The molecule has 0 aromatic heterocycles. The van der Waals surface area contributed by atoms with Gasteiger partial charge in [-0.15, -0.1) is 0 Å². The molecule has 6 heteroatoms. The minimum absolute atomic E-state index is 0.344. The van der Waals surface area contributed by atoms with E-state index in [4.69, 9.17) is 9.57 Å². The Kier molecular flexibility index (Phi) is 6.73. The zero-order valence-electron chi connectivity index (χ0n) is 15.0. The van der Waals surface area contributed by atoms with Crippen molar-refractivity contribution in [2.45, 2.75) is 6.42 Å². The van der Waals surface area contributed by atoms with Crippen LogP contribution < -0.4 is 10.1 Å². The van der Waals surface area contributed by atoms with E-state index in [0.717, 1.165) is 6.42 Å². The first-order valence-corrected chi connectivity index (χ1v) is 8.73. The van der Waals surface area contributed by atoms with E-state index in [9.17, 15) is 9.18 Å². The molecule has 0 aliphatic rings. The van der Waals surface area contributed by atoms with E-state index in [2.05, 4.69) is 22.6 Å². The highest BCUT2D eigenvalue weighted by Gasteiger charge is 2.03. The van der Waals surface area contributed by atoms with Crippen LogP contribution in [0.5, 0.6) is 5.75 Å². The molecule has 3 aromatic rings. The van der Waals surface area contributed by atoms with E-state index in [1.54, 1.807) is 24.3 Å². The standard InChI is InChI=1S/C22H19FN2O3/c23-19-8-6-18(7-9-19)16-24-28-22(26)25-20-10-12-21(13-11-20)27-15-14-17-4-2-1-3-5-17/h1-13,16H,14-15H2,(H,25,26)/b24-16+. The minimum Gasteiger partial charge on any atom is -0.493 e. The maximum absolute atomic E-state index is 12.8. The Hall–Kier alpha value is -3.67. The molecule has 28 heavy (non-hydrogen) atoms. The molecule has 5 nitrogen and oxygen atoms in total. The number of carbonyl (C=O) groups is 1. The fourth-order valence-corrected chi connectivity index (χ4v) is 2.39. The summed E-state index contributed by atoms with van der Waals surface area (Å²) in [6.45, 7) is 0.566. The van der Waals surface area contributed by atoms with Gasteiger partial charge in [0.15, 0.2) is 0 Å². The maximum Gasteiger partial charge on any atom is 0.437 e. The molecule has 0 aliphatic heterocycles. The van der Waals surface area contributed by atoms with E-state index in [1.807, 2.05) is 18.2 Å². The molecule has 0 saturated carbocycles. The predicted octanol–water partition coefficient (Wildman–Crippen LogP) is 5.03. The third-order valence-electron chi connectivity index (χ3n) is 3.81. The summed E-state index contributed by atoms with van der Waals surface area (Å²) in [5.41, 5.74) is 2.38. The van der Waals surface area contributed by atoms with Gasteiger partial charge < -0.3 is 4.74 Å². The number of hydrogen-bond donors (Lipinski definition) is 1. The monoisotopic (exact) mass is 378 g/mol. The Morgan fingerprint density at radius 3 is 2.39 bits per heavy atom. The maximum atomic E-state index is 12.8. The molecule has 3 rings (SSSR count). The van der Waals surface area contributed by atoms with Gasteiger partial charge in [0.1, 0.15) is 11.6 Å². The van der Waals surface area contributed by atoms with E-state index < -0.39 is 6.09 Å². The average molecular weight is 378 g/mol. The number of anilines is 1. The number of oxime groups is 1. The van der Waals surface area contributed by atoms with Crippen molar-refractivity contribution in [2.24, 2.45) is 5.16 Å². The molecule has 0 aliphatic carbocycles. The van der Waals surface area contributed by atoms with Crippen molar-refractivity contribution in [1.82, 2.24) is 0 Å². The third-order valence-corrected chi connectivity index (χ3v) is 3.81. The molecule has 1 N–H and O–H groups in total. The smallest absolute Gasteiger partial charge is 0.437 e. The quantitative estimate of drug-likeness (QED) is 0.356. The van der Waals surface area contributed by atoms with Crippen LogP contribution >= 0.6 is 0 Å². The zero-order chi connectivity index (χ0) is 19.6. The Bertz CT molecular complexity index is 911. The summed E-state index contributed by atoms with van der Waals surface area (Å²) in [6, 6.07) is 22.7. The molecular formula is C22H19FN2O3. The number of carbonyl (C=O) groups excluding carboxylic acids is 1. The summed E-state index contributed by atoms with van der Waals surface area (Å²) in [4.78, 5) is 16.5. The molecule has 1 amide bonds. The lowest BCUT2D eigenvalue weighted by Crippen LogP contribution is -2.10. The van der Waals surface area contributed by atoms with E-state index in [0.29, 0.717) is 23.6 Å². The van der Waals surface area contributed by atoms with Gasteiger partial charge in [-0.2, -0.15) is 0 Å². The first-order valence-electron chi connectivity index (χ1n) is 8.73. The number of ether oxygens (including phenoxy) is 1. The second-order valence-electron chi connectivity index (χ2n) is 5.90. The SMILES string of the molecule is O=C(Nc1ccc(OCCc2ccccc2)cc1)O/N=C/c1ccc(F)cc1. The summed E-state index contributed by atoms with van der Waals surface area (Å²) in [5.74, 6) is 0.368. The minimum atomic E-state index is -0.726. The first kappa shape index (κ1) is 19.1. The van der Waals surface area contributed by atoms with Crippen LogP contribution in [0.4, 0.5) is 14.9 Å². The Balaban J connectivity index is 1.41. The van der Waals surface area contributed by atoms with Crippen molar-refractivity contribution >= 4 is 18.0 Å². The molecule has 0 unspecified atom stereocenters. The van der Waals surface area contributed by atoms with Crippen LogP contribution in [0.15, 0.2) is 84.0 Å². The summed E-state index contributed by atoms with van der Waals surface area (Å²) >= 11 is 0. The number of hydrogen-bond acceptors (Lipinski definition) is 4. The van der Waals surface area contributed by atoms with Crippen LogP contribution in [0, 0.1) is 5.82 Å². The van der Waals surface area contributed by atoms with Gasteiger partial charge >= 0.3 is 6.09 Å². The van der Waals surface area contributed by atoms with Crippen molar-refractivity contribution in [1.29, 1.82) is 0 Å². The molecule has 0 bridgehead atoms. The molecule has 3 aromatic carbocycles. The third kappa shape index (κ3) is 6.25. The Morgan fingerprint density at radius 1 is 0.964 bits per heavy atom. The Morgan fingerprint density at radius 2 is 1.68 bits per heavy atom. The van der Waals surface area contributed by atoms with Crippen molar-refractivity contribution in [3.63, 3.8) is 0 Å². The van der Waals surface area contributed by atoms with Gasteiger partial charge in [0.05, 0.1) is 12.8 Å². The topological polar surface area (TPSA) is 59.9 Å². The zero-order valence-corrected chi connectivity index (χ0v) is 15.0. The average Bonchev–Trinajstić information content (AvgIpc) is 2.72. The van der Waals surface area contributed by atoms with Crippen LogP contribution in [0.3, 0.4) is 0 Å². The van der Waals surface area contributed by atoms with Gasteiger partial charge in [-0.3, -0.25) is 10.2 Å². The van der Waals surface area contributed by atoms with Gasteiger partial charge in [0, 0.05) is 12.1 Å². The van der Waals surface area contributed by atoms with Crippen molar-refractivity contribution in [3.8, 4) is 5.75 Å². The molecular weight excluding hydrogens is 359 g/mol. The van der Waals surface area contributed by atoms with Crippen LogP contribution in [0.25, 0.3) is 0 Å². The van der Waals surface area contributed by atoms with Gasteiger partial charge in [-0.05, 0) is 47.5 Å². The van der Waals surface area contributed by atoms with Gasteiger partial charge in [0.2, 0.25) is 0 Å². The predicted molar refractivity (Wildman–Crippen MR) is 106 cm³/mol. The van der Waals surface area contributed by atoms with Gasteiger partial charge in [-0.25, -0.2) is 9.18 Å². The second-order valence-corrected chi connectivity index (χ2v) is 5.90. The van der Waals surface area contributed by atoms with Crippen LogP contribution in [-0.4, -0.2) is 18.9 Å². The molecule has 142 valence electrons. The number of rotatable bonds is 7. The van der Waals surface area contributed by atoms with Crippen LogP contribution in [-0.2, 0) is 11.3 Å². The van der Waals surface area contributed by atoms with Crippen LogP contribution in [0.2, 0.25) is 0 Å². The first-order chi connectivity index (χ1) is 13.7. The molecule has 0 spiro atoms. The molecule has 0 fully saturated rings. The highest BCUT2D eigenvalue weighted by Crippen LogP contribution is 2.16. The number of benzene rings is 3. The fraction of sp³-hybridized carbons (Fsp3) is 0.0909. The molecule has 0 saturated heterocycles. The highest BCUT2D eigenvalue weighted by molar-refractivity contribution is 5.85. The molecule has 0 atom stereocenters. The summed E-state index contributed by atoms with van der Waals surface area (Å²) in [7, 11) is 0. The van der Waals surface area contributed by atoms with Crippen molar-refractivity contribution < 1.29 is 18.8 Å². The van der Waals surface area contributed by atoms with E-state index >= 15 is 0 Å². The normalized spacial score (nSPS) is 10.6. The lowest BCUT2D eigenvalue weighted by Gasteiger charge is -2.07. The number of nitrogens with zero attached hydrogens (tertiary/aromatic N) is 1.